The van der Waals surface area contributed by atoms with Gasteiger partial charge in [-0.15, -0.1) is 0 Å². The summed E-state index contributed by atoms with van der Waals surface area (Å²) in [5.41, 5.74) is 10.2. The minimum Gasteiger partial charge on any atom is -0.482 e. The van der Waals surface area contributed by atoms with E-state index >= 15 is 0 Å². The van der Waals surface area contributed by atoms with Gasteiger partial charge in [0.15, 0.2) is 17.4 Å². The zero-order valence-corrected chi connectivity index (χ0v) is 17.5. The molecule has 0 saturated carbocycles. The van der Waals surface area contributed by atoms with Gasteiger partial charge in [-0.3, -0.25) is 4.68 Å². The highest BCUT2D eigenvalue weighted by molar-refractivity contribution is 5.68. The average Bonchev–Trinajstić information content (AvgIpc) is 3.32. The minimum absolute atomic E-state index is 0.272. The summed E-state index contributed by atoms with van der Waals surface area (Å²) in [6, 6.07) is 6.46. The number of anilines is 1. The monoisotopic (exact) mass is 419 g/mol. The van der Waals surface area contributed by atoms with Gasteiger partial charge in [0.05, 0.1) is 18.4 Å². The molecule has 158 valence electrons. The van der Waals surface area contributed by atoms with Crippen molar-refractivity contribution in [3.63, 3.8) is 0 Å². The van der Waals surface area contributed by atoms with Crippen molar-refractivity contribution < 1.29 is 9.13 Å². The third-order valence-corrected chi connectivity index (χ3v) is 5.46. The number of hydrogen-bond donors (Lipinski definition) is 1. The smallest absolute Gasteiger partial charge is 0.166 e. The lowest BCUT2D eigenvalue weighted by Gasteiger charge is -2.21. The standard InChI is InChI=1S/C22H22FN7O/c1-4-29-20-14-7-19(21(24)25-9-14)31-12(2)18-8-16(23)5-6-17(18)22-27-13(3)28-30(22)11-15(20)10-26-29/h5-10,12H,4,11H2,1-3H3,(H2,24,25)/t12-/m1/s1. The van der Waals surface area contributed by atoms with Gasteiger partial charge in [-0.1, -0.05) is 0 Å². The molecule has 3 aromatic heterocycles. The fourth-order valence-corrected chi connectivity index (χ4v) is 4.05. The molecule has 1 atom stereocenters. The van der Waals surface area contributed by atoms with Crippen molar-refractivity contribution in [1.29, 1.82) is 0 Å². The van der Waals surface area contributed by atoms with Gasteiger partial charge >= 0.3 is 0 Å². The summed E-state index contributed by atoms with van der Waals surface area (Å²) in [5.74, 6) is 1.63. The summed E-state index contributed by atoms with van der Waals surface area (Å²) < 4.78 is 24.1. The van der Waals surface area contributed by atoms with Crippen LogP contribution in [-0.4, -0.2) is 29.5 Å². The quantitative estimate of drug-likeness (QED) is 0.505. The molecule has 0 saturated heterocycles. The number of fused-ring (bicyclic) bond motifs is 7. The van der Waals surface area contributed by atoms with Crippen LogP contribution in [0.5, 0.6) is 5.75 Å². The lowest BCUT2D eigenvalue weighted by atomic mass is 10.0. The van der Waals surface area contributed by atoms with Gasteiger partial charge in [0.25, 0.3) is 0 Å². The van der Waals surface area contributed by atoms with E-state index in [-0.39, 0.29) is 11.6 Å². The van der Waals surface area contributed by atoms with Crippen LogP contribution in [0.2, 0.25) is 0 Å². The lowest BCUT2D eigenvalue weighted by molar-refractivity contribution is 0.227. The Morgan fingerprint density at radius 2 is 2.10 bits per heavy atom. The van der Waals surface area contributed by atoms with Gasteiger partial charge in [-0.05, 0) is 45.0 Å². The number of pyridine rings is 1. The van der Waals surface area contributed by atoms with Crippen molar-refractivity contribution in [2.45, 2.75) is 40.0 Å². The van der Waals surface area contributed by atoms with Crippen LogP contribution in [0.25, 0.3) is 22.6 Å². The maximum absolute atomic E-state index is 14.2. The van der Waals surface area contributed by atoms with E-state index in [1.165, 1.54) is 12.1 Å². The number of nitrogen functional groups attached to an aromatic ring is 1. The van der Waals surface area contributed by atoms with Crippen LogP contribution in [0.1, 0.15) is 36.9 Å². The van der Waals surface area contributed by atoms with Crippen molar-refractivity contribution in [3.8, 4) is 28.4 Å². The second-order valence-corrected chi connectivity index (χ2v) is 7.57. The first kappa shape index (κ1) is 19.2. The van der Waals surface area contributed by atoms with E-state index < -0.39 is 6.10 Å². The maximum atomic E-state index is 14.2. The highest BCUT2D eigenvalue weighted by atomic mass is 19.1. The zero-order chi connectivity index (χ0) is 21.7. The molecule has 31 heavy (non-hydrogen) atoms. The predicted octanol–water partition coefficient (Wildman–Crippen LogP) is 3.75. The number of rotatable bonds is 1. The molecule has 0 fully saturated rings. The number of nitrogens with two attached hydrogens (primary N) is 1. The van der Waals surface area contributed by atoms with E-state index in [2.05, 4.69) is 20.2 Å². The summed E-state index contributed by atoms with van der Waals surface area (Å²) >= 11 is 0. The fourth-order valence-electron chi connectivity index (χ4n) is 4.05. The summed E-state index contributed by atoms with van der Waals surface area (Å²) in [5, 5.41) is 9.14. The summed E-state index contributed by atoms with van der Waals surface area (Å²) in [7, 11) is 0. The number of nitrogens with zero attached hydrogens (tertiary/aromatic N) is 6. The SMILES string of the molecule is CCn1ncc2c1-c1cnc(N)c(c1)O[C@H](C)c1cc(F)ccc1-c1nc(C)nn1C2. The summed E-state index contributed by atoms with van der Waals surface area (Å²) in [6.45, 7) is 6.87. The van der Waals surface area contributed by atoms with E-state index in [4.69, 9.17) is 10.5 Å². The topological polar surface area (TPSA) is 96.7 Å². The molecule has 5 rings (SSSR count). The molecule has 1 aliphatic rings. The highest BCUT2D eigenvalue weighted by Gasteiger charge is 2.24. The molecular formula is C22H22FN7O. The van der Waals surface area contributed by atoms with E-state index in [0.717, 1.165) is 22.4 Å². The van der Waals surface area contributed by atoms with Gasteiger partial charge in [0.2, 0.25) is 0 Å². The van der Waals surface area contributed by atoms with Crippen molar-refractivity contribution >= 4 is 5.82 Å². The summed E-state index contributed by atoms with van der Waals surface area (Å²) in [6.07, 6.45) is 3.05. The van der Waals surface area contributed by atoms with Gasteiger partial charge in [-0.25, -0.2) is 19.0 Å². The van der Waals surface area contributed by atoms with E-state index in [0.29, 0.717) is 36.1 Å². The highest BCUT2D eigenvalue weighted by Crippen LogP contribution is 2.36. The van der Waals surface area contributed by atoms with Gasteiger partial charge in [0.1, 0.15) is 17.7 Å². The van der Waals surface area contributed by atoms with Gasteiger partial charge < -0.3 is 10.5 Å². The third kappa shape index (κ3) is 3.22. The van der Waals surface area contributed by atoms with Gasteiger partial charge in [0, 0.05) is 35.0 Å². The van der Waals surface area contributed by atoms with Crippen LogP contribution in [0.4, 0.5) is 10.2 Å². The van der Waals surface area contributed by atoms with Crippen molar-refractivity contribution in [1.82, 2.24) is 29.5 Å². The van der Waals surface area contributed by atoms with Crippen molar-refractivity contribution in [3.05, 3.63) is 59.4 Å². The molecule has 2 N–H and O–H groups in total. The van der Waals surface area contributed by atoms with Gasteiger partial charge in [-0.2, -0.15) is 10.2 Å². The fraction of sp³-hybridized carbons (Fsp3) is 0.273. The van der Waals surface area contributed by atoms with E-state index in [1.807, 2.05) is 42.4 Å². The Morgan fingerprint density at radius 3 is 2.90 bits per heavy atom. The molecule has 0 spiro atoms. The molecule has 0 aliphatic carbocycles. The number of halogens is 1. The average molecular weight is 419 g/mol. The Hall–Kier alpha value is -3.75. The van der Waals surface area contributed by atoms with Crippen LogP contribution >= 0.6 is 0 Å². The number of ether oxygens (including phenoxy) is 1. The lowest BCUT2D eigenvalue weighted by Crippen LogP contribution is -2.12. The first-order chi connectivity index (χ1) is 14.9. The molecular weight excluding hydrogens is 397 g/mol. The molecule has 0 amide bonds. The van der Waals surface area contributed by atoms with Crippen LogP contribution < -0.4 is 10.5 Å². The molecule has 8 nitrogen and oxygen atoms in total. The number of aryl methyl sites for hydroxylation is 2. The largest absolute Gasteiger partial charge is 0.482 e. The van der Waals surface area contributed by atoms with Crippen molar-refractivity contribution in [2.75, 3.05) is 5.73 Å². The van der Waals surface area contributed by atoms with E-state index in [1.54, 1.807) is 12.3 Å². The molecule has 0 unspecified atom stereocenters. The molecule has 1 aromatic carbocycles. The Kier molecular flexibility index (Phi) is 4.46. The van der Waals surface area contributed by atoms with Crippen molar-refractivity contribution in [2.24, 2.45) is 0 Å². The molecule has 4 heterocycles. The second kappa shape index (κ2) is 7.19. The zero-order valence-electron chi connectivity index (χ0n) is 17.5. The van der Waals surface area contributed by atoms with Crippen LogP contribution in [0.3, 0.4) is 0 Å². The first-order valence-corrected chi connectivity index (χ1v) is 10.1. The minimum atomic E-state index is -0.495. The Labute approximate surface area is 178 Å². The Balaban J connectivity index is 1.81. The number of aromatic nitrogens is 6. The number of hydrogen-bond acceptors (Lipinski definition) is 6. The van der Waals surface area contributed by atoms with Crippen LogP contribution in [-0.2, 0) is 13.1 Å². The molecule has 9 heteroatoms. The Morgan fingerprint density at radius 1 is 1.26 bits per heavy atom. The summed E-state index contributed by atoms with van der Waals surface area (Å²) in [4.78, 5) is 8.98. The normalized spacial score (nSPS) is 15.2. The van der Waals surface area contributed by atoms with Crippen LogP contribution in [0.15, 0.2) is 36.7 Å². The number of benzene rings is 1. The molecule has 4 aromatic rings. The maximum Gasteiger partial charge on any atom is 0.166 e. The third-order valence-electron chi connectivity index (χ3n) is 5.46. The molecule has 2 bridgehead atoms. The predicted molar refractivity (Wildman–Crippen MR) is 114 cm³/mol. The van der Waals surface area contributed by atoms with E-state index in [9.17, 15) is 4.39 Å². The molecule has 0 radical (unpaired) electrons. The Bertz CT molecular complexity index is 1290. The first-order valence-electron chi connectivity index (χ1n) is 10.1. The second-order valence-electron chi connectivity index (χ2n) is 7.57. The molecule has 1 aliphatic heterocycles. The van der Waals surface area contributed by atoms with Crippen LogP contribution in [0, 0.1) is 12.7 Å².